The number of esters is 3. The molecule has 0 aromatic carbocycles. The summed E-state index contributed by atoms with van der Waals surface area (Å²) in [6, 6.07) is 0. The molecule has 0 saturated heterocycles. The van der Waals surface area contributed by atoms with Crippen molar-refractivity contribution in [1.82, 2.24) is 0 Å². The molecule has 0 aliphatic carbocycles. The summed E-state index contributed by atoms with van der Waals surface area (Å²) in [5, 5.41) is 0. The molecule has 77 heavy (non-hydrogen) atoms. The van der Waals surface area contributed by atoms with Crippen LogP contribution in [0.2, 0.25) is 0 Å². The third-order valence-electron chi connectivity index (χ3n) is 13.5. The SMILES string of the molecule is CC/C=C\C/C=C\C/C=C\C/C=C\C/C=C\C/C=C\CCCCCCCCCCCCCCCCCCC(=O)OCC(COC(=O)CCCCCCCCC)OC(=O)CCCCCC/C=C\C/C=C\C/C=C\C/C=C\CC. The standard InChI is InChI=1S/C71H118O6/c1-4-7-10-13-16-18-20-22-24-26-27-28-29-30-31-32-33-34-35-36-37-38-39-40-41-42-43-45-46-48-50-52-55-58-61-64-70(73)76-67-68(66-75-69(72)63-60-57-54-15-12-9-6-3)77-71(74)65-62-59-56-53-51-49-47-44-25-23-21-19-17-14-11-8-5-2/h7-8,10-11,16-19,22-25,27-28,30-31,33-34,47,49,68H,4-6,9,12-15,20-21,26,29,32,35-46,48,50-67H2,1-3H3/b10-7-,11-8-,18-16-,19-17-,24-22-,25-23-,28-27-,31-30-,34-33-,49-47-. The molecule has 0 amide bonds. The van der Waals surface area contributed by atoms with Crippen LogP contribution in [0.1, 0.15) is 290 Å². The summed E-state index contributed by atoms with van der Waals surface area (Å²) in [6.07, 6.45) is 89.6. The summed E-state index contributed by atoms with van der Waals surface area (Å²) < 4.78 is 16.8. The van der Waals surface area contributed by atoms with Crippen molar-refractivity contribution in [2.75, 3.05) is 13.2 Å². The van der Waals surface area contributed by atoms with Gasteiger partial charge < -0.3 is 14.2 Å². The Bertz CT molecular complexity index is 1600. The maximum atomic E-state index is 12.8. The minimum atomic E-state index is -0.789. The number of carbonyl (C=O) groups excluding carboxylic acids is 3. The Balaban J connectivity index is 4.05. The van der Waals surface area contributed by atoms with Gasteiger partial charge in [-0.1, -0.05) is 284 Å². The molecule has 0 aromatic rings. The van der Waals surface area contributed by atoms with Crippen LogP contribution in [0.25, 0.3) is 0 Å². The van der Waals surface area contributed by atoms with Crippen LogP contribution in [-0.4, -0.2) is 37.2 Å². The number of hydrogen-bond acceptors (Lipinski definition) is 6. The lowest BCUT2D eigenvalue weighted by atomic mass is 10.0. The first kappa shape index (κ1) is 72.8. The van der Waals surface area contributed by atoms with Crippen LogP contribution in [0.15, 0.2) is 122 Å². The van der Waals surface area contributed by atoms with Crippen molar-refractivity contribution >= 4 is 17.9 Å². The monoisotopic (exact) mass is 1070 g/mol. The highest BCUT2D eigenvalue weighted by molar-refractivity contribution is 5.71. The molecule has 0 rings (SSSR count). The predicted molar refractivity (Wildman–Crippen MR) is 334 cm³/mol. The van der Waals surface area contributed by atoms with Gasteiger partial charge in [0.2, 0.25) is 0 Å². The average molecular weight is 1070 g/mol. The molecule has 6 nitrogen and oxygen atoms in total. The zero-order chi connectivity index (χ0) is 55.7. The molecule has 0 aliphatic rings. The lowest BCUT2D eigenvalue weighted by Crippen LogP contribution is -2.30. The summed E-state index contributed by atoms with van der Waals surface area (Å²) in [6.45, 7) is 6.36. The van der Waals surface area contributed by atoms with Gasteiger partial charge in [-0.05, 0) is 109 Å². The second-order valence-electron chi connectivity index (χ2n) is 20.9. The van der Waals surface area contributed by atoms with Crippen LogP contribution >= 0.6 is 0 Å². The van der Waals surface area contributed by atoms with E-state index in [4.69, 9.17) is 14.2 Å². The molecule has 438 valence electrons. The van der Waals surface area contributed by atoms with E-state index in [0.717, 1.165) is 135 Å². The number of hydrogen-bond donors (Lipinski definition) is 0. The molecule has 0 spiro atoms. The van der Waals surface area contributed by atoms with Crippen molar-refractivity contribution in [2.24, 2.45) is 0 Å². The van der Waals surface area contributed by atoms with Gasteiger partial charge in [0.05, 0.1) is 0 Å². The van der Waals surface area contributed by atoms with E-state index >= 15 is 0 Å². The summed E-state index contributed by atoms with van der Waals surface area (Å²) in [5.41, 5.74) is 0. The second-order valence-corrected chi connectivity index (χ2v) is 20.9. The molecule has 0 fully saturated rings. The fraction of sp³-hybridized carbons (Fsp3) is 0.676. The maximum Gasteiger partial charge on any atom is 0.306 e. The van der Waals surface area contributed by atoms with Crippen LogP contribution in [0.3, 0.4) is 0 Å². The average Bonchev–Trinajstić information content (AvgIpc) is 3.43. The Morgan fingerprint density at radius 3 is 0.792 bits per heavy atom. The Morgan fingerprint density at radius 2 is 0.506 bits per heavy atom. The van der Waals surface area contributed by atoms with Gasteiger partial charge in [0.25, 0.3) is 0 Å². The highest BCUT2D eigenvalue weighted by atomic mass is 16.6. The third kappa shape index (κ3) is 62.5. The van der Waals surface area contributed by atoms with Gasteiger partial charge in [-0.3, -0.25) is 14.4 Å². The van der Waals surface area contributed by atoms with Gasteiger partial charge in [0.15, 0.2) is 6.10 Å². The lowest BCUT2D eigenvalue weighted by molar-refractivity contribution is -0.167. The number of allylic oxidation sites excluding steroid dienone is 20. The van der Waals surface area contributed by atoms with E-state index in [2.05, 4.69) is 142 Å². The smallest absolute Gasteiger partial charge is 0.306 e. The van der Waals surface area contributed by atoms with Crippen molar-refractivity contribution in [3.63, 3.8) is 0 Å². The Labute approximate surface area is 475 Å². The van der Waals surface area contributed by atoms with Crippen LogP contribution in [0.4, 0.5) is 0 Å². The van der Waals surface area contributed by atoms with Crippen LogP contribution < -0.4 is 0 Å². The molecule has 0 radical (unpaired) electrons. The molecule has 1 unspecified atom stereocenters. The van der Waals surface area contributed by atoms with E-state index in [1.807, 2.05) is 0 Å². The Kier molecular flexibility index (Phi) is 60.8. The van der Waals surface area contributed by atoms with E-state index in [0.29, 0.717) is 19.3 Å². The number of ether oxygens (including phenoxy) is 3. The second kappa shape index (κ2) is 64.3. The fourth-order valence-corrected chi connectivity index (χ4v) is 8.73. The first-order valence-corrected chi connectivity index (χ1v) is 32.0. The third-order valence-corrected chi connectivity index (χ3v) is 13.5. The molecule has 6 heteroatoms. The van der Waals surface area contributed by atoms with Crippen molar-refractivity contribution in [3.05, 3.63) is 122 Å². The molecule has 0 bridgehead atoms. The van der Waals surface area contributed by atoms with Crippen LogP contribution in [0, 0.1) is 0 Å². The molecule has 0 aromatic heterocycles. The predicted octanol–water partition coefficient (Wildman–Crippen LogP) is 22.0. The maximum absolute atomic E-state index is 12.8. The number of carbonyl (C=O) groups is 3. The number of rotatable bonds is 57. The first-order valence-electron chi connectivity index (χ1n) is 32.0. The van der Waals surface area contributed by atoms with E-state index in [1.54, 1.807) is 0 Å². The quantitative estimate of drug-likeness (QED) is 0.0261. The molecule has 0 N–H and O–H groups in total. The van der Waals surface area contributed by atoms with Crippen LogP contribution in [-0.2, 0) is 28.6 Å². The minimum absolute atomic E-state index is 0.0868. The topological polar surface area (TPSA) is 78.9 Å². The molecule has 0 aliphatic heterocycles. The zero-order valence-electron chi connectivity index (χ0n) is 50.2. The summed E-state index contributed by atoms with van der Waals surface area (Å²) >= 11 is 0. The summed E-state index contributed by atoms with van der Waals surface area (Å²) in [4.78, 5) is 38.0. The highest BCUT2D eigenvalue weighted by Crippen LogP contribution is 2.16. The summed E-state index contributed by atoms with van der Waals surface area (Å²) in [7, 11) is 0. The van der Waals surface area contributed by atoms with Gasteiger partial charge in [-0.25, -0.2) is 0 Å². The molecular formula is C71H118O6. The number of unbranched alkanes of at least 4 members (excludes halogenated alkanes) is 26. The van der Waals surface area contributed by atoms with Crippen molar-refractivity contribution in [2.45, 2.75) is 297 Å². The Morgan fingerprint density at radius 1 is 0.273 bits per heavy atom. The highest BCUT2D eigenvalue weighted by Gasteiger charge is 2.19. The molecule has 1 atom stereocenters. The van der Waals surface area contributed by atoms with E-state index in [-0.39, 0.29) is 31.1 Å². The van der Waals surface area contributed by atoms with E-state index in [1.165, 1.54) is 116 Å². The van der Waals surface area contributed by atoms with Gasteiger partial charge in [-0.2, -0.15) is 0 Å². The Hall–Kier alpha value is -4.19. The normalized spacial score (nSPS) is 12.9. The molecule has 0 heterocycles. The van der Waals surface area contributed by atoms with Gasteiger partial charge >= 0.3 is 17.9 Å². The molecule has 0 saturated carbocycles. The molecular weight excluding hydrogens is 949 g/mol. The largest absolute Gasteiger partial charge is 0.462 e. The van der Waals surface area contributed by atoms with Gasteiger partial charge in [-0.15, -0.1) is 0 Å². The van der Waals surface area contributed by atoms with Crippen molar-refractivity contribution in [3.8, 4) is 0 Å². The van der Waals surface area contributed by atoms with Crippen molar-refractivity contribution < 1.29 is 28.6 Å². The minimum Gasteiger partial charge on any atom is -0.462 e. The zero-order valence-corrected chi connectivity index (χ0v) is 50.2. The van der Waals surface area contributed by atoms with Crippen molar-refractivity contribution in [1.29, 1.82) is 0 Å². The van der Waals surface area contributed by atoms with Gasteiger partial charge in [0.1, 0.15) is 13.2 Å². The summed E-state index contributed by atoms with van der Waals surface area (Å²) in [5.74, 6) is -0.913. The first-order chi connectivity index (χ1) is 38.0. The van der Waals surface area contributed by atoms with Crippen LogP contribution in [0.5, 0.6) is 0 Å². The van der Waals surface area contributed by atoms with Gasteiger partial charge in [0, 0.05) is 19.3 Å². The fourth-order valence-electron chi connectivity index (χ4n) is 8.73. The van der Waals surface area contributed by atoms with E-state index < -0.39 is 6.10 Å². The van der Waals surface area contributed by atoms with E-state index in [9.17, 15) is 14.4 Å². The lowest BCUT2D eigenvalue weighted by Gasteiger charge is -2.18.